The number of halogens is 1. The number of pyridine rings is 1. The predicted molar refractivity (Wildman–Crippen MR) is 122 cm³/mol. The molecule has 1 fully saturated rings. The number of benzene rings is 1. The Hall–Kier alpha value is -2.17. The molecule has 2 heterocycles. The molecule has 0 saturated carbocycles. The first-order valence-corrected chi connectivity index (χ1v) is 11.3. The Morgan fingerprint density at radius 1 is 1.13 bits per heavy atom. The number of aryl methyl sites for hydroxylation is 2. The van der Waals surface area contributed by atoms with Gasteiger partial charge < -0.3 is 10.6 Å². The minimum absolute atomic E-state index is 0.0827. The molecule has 2 aromatic rings. The fourth-order valence-electron chi connectivity index (χ4n) is 4.72. The van der Waals surface area contributed by atoms with E-state index in [1.54, 1.807) is 0 Å². The molecule has 2 N–H and O–H groups in total. The van der Waals surface area contributed by atoms with Gasteiger partial charge in [0, 0.05) is 29.9 Å². The smallest absolute Gasteiger partial charge is 0.239 e. The van der Waals surface area contributed by atoms with Gasteiger partial charge in [-0.05, 0) is 72.9 Å². The van der Waals surface area contributed by atoms with Crippen molar-refractivity contribution in [1.29, 1.82) is 0 Å². The number of nitrogens with zero attached hydrogens (tertiary/aromatic N) is 2. The van der Waals surface area contributed by atoms with Gasteiger partial charge in [0.25, 0.3) is 0 Å². The first kappa shape index (κ1) is 21.1. The maximum absolute atomic E-state index is 12.8. The summed E-state index contributed by atoms with van der Waals surface area (Å²) in [6.07, 6.45) is 6.24. The molecule has 4 nitrogen and oxygen atoms in total. The molecule has 5 heteroatoms. The molecule has 158 valence electrons. The number of nitrogens with two attached hydrogens (primary N) is 1. The van der Waals surface area contributed by atoms with Gasteiger partial charge in [-0.25, -0.2) is 0 Å². The summed E-state index contributed by atoms with van der Waals surface area (Å²) >= 11 is 6.31. The molecule has 0 bridgehead atoms. The summed E-state index contributed by atoms with van der Waals surface area (Å²) in [7, 11) is 0. The van der Waals surface area contributed by atoms with Crippen LogP contribution in [0.2, 0.25) is 5.02 Å². The molecule has 30 heavy (non-hydrogen) atoms. The average molecular weight is 424 g/mol. The van der Waals surface area contributed by atoms with Crippen LogP contribution in [-0.2, 0) is 17.6 Å². The molecule has 1 aromatic heterocycles. The number of likely N-dealkylation sites (tertiary alicyclic amines) is 1. The van der Waals surface area contributed by atoms with Gasteiger partial charge in [0.1, 0.15) is 0 Å². The van der Waals surface area contributed by atoms with E-state index in [0.717, 1.165) is 42.8 Å². The number of hydrogen-bond acceptors (Lipinski definition) is 3. The summed E-state index contributed by atoms with van der Waals surface area (Å²) in [6.45, 7) is 5.64. The number of fused-ring (bicyclic) bond motifs is 2. The Balaban J connectivity index is 1.66. The van der Waals surface area contributed by atoms with Crippen LogP contribution in [0.25, 0.3) is 5.57 Å². The molecular weight excluding hydrogens is 394 g/mol. The van der Waals surface area contributed by atoms with E-state index in [4.69, 9.17) is 22.3 Å². The van der Waals surface area contributed by atoms with Crippen molar-refractivity contribution >= 4 is 23.1 Å². The van der Waals surface area contributed by atoms with Crippen LogP contribution >= 0.6 is 11.6 Å². The van der Waals surface area contributed by atoms with Gasteiger partial charge in [0.15, 0.2) is 0 Å². The van der Waals surface area contributed by atoms with E-state index < -0.39 is 6.04 Å². The molecular formula is C25H30ClN3O. The third kappa shape index (κ3) is 4.30. The van der Waals surface area contributed by atoms with Gasteiger partial charge in [-0.1, -0.05) is 43.2 Å². The molecule has 1 aromatic carbocycles. The Kier molecular flexibility index (Phi) is 6.26. The van der Waals surface area contributed by atoms with Crippen molar-refractivity contribution < 1.29 is 4.79 Å². The van der Waals surface area contributed by atoms with Crippen molar-refractivity contribution in [2.75, 3.05) is 13.1 Å². The Labute approximate surface area is 184 Å². The van der Waals surface area contributed by atoms with Crippen molar-refractivity contribution in [2.45, 2.75) is 52.0 Å². The summed E-state index contributed by atoms with van der Waals surface area (Å²) in [4.78, 5) is 19.5. The zero-order valence-corrected chi connectivity index (χ0v) is 18.6. The Bertz CT molecular complexity index is 972. The van der Waals surface area contributed by atoms with E-state index in [-0.39, 0.29) is 5.91 Å². The van der Waals surface area contributed by atoms with Gasteiger partial charge in [0.05, 0.1) is 11.7 Å². The van der Waals surface area contributed by atoms with E-state index >= 15 is 0 Å². The maximum atomic E-state index is 12.8. The highest BCUT2D eigenvalue weighted by Gasteiger charge is 2.28. The maximum Gasteiger partial charge on any atom is 0.239 e. The quantitative estimate of drug-likeness (QED) is 0.782. The number of hydrogen-bond donors (Lipinski definition) is 1. The van der Waals surface area contributed by atoms with Crippen molar-refractivity contribution in [3.63, 3.8) is 0 Å². The van der Waals surface area contributed by atoms with Crippen LogP contribution in [0.1, 0.15) is 55.5 Å². The number of carbonyl (C=O) groups excluding carboxylic acids is 1. The topological polar surface area (TPSA) is 59.2 Å². The monoisotopic (exact) mass is 423 g/mol. The standard InChI is InChI=1S/C25H30ClN3O/c1-16(2)14-22(27)25(30)29-12-9-17(10-13-29)23-21-8-7-20(26)15-19(21)6-5-18-4-3-11-28-24(18)23/h3-4,7-8,11,15-16,22H,5-6,9-10,12-14,27H2,1-2H3/t22-/m1/s1. The minimum Gasteiger partial charge on any atom is -0.341 e. The summed E-state index contributed by atoms with van der Waals surface area (Å²) in [5.41, 5.74) is 13.7. The fraction of sp³-hybridized carbons (Fsp3) is 0.440. The highest BCUT2D eigenvalue weighted by Crippen LogP contribution is 2.38. The van der Waals surface area contributed by atoms with Crippen LogP contribution in [0.3, 0.4) is 0 Å². The Morgan fingerprint density at radius 3 is 2.60 bits per heavy atom. The second kappa shape index (κ2) is 8.91. The Morgan fingerprint density at radius 2 is 1.87 bits per heavy atom. The van der Waals surface area contributed by atoms with E-state index in [0.29, 0.717) is 19.0 Å². The lowest BCUT2D eigenvalue weighted by Gasteiger charge is -2.32. The fourth-order valence-corrected chi connectivity index (χ4v) is 4.92. The van der Waals surface area contributed by atoms with Gasteiger partial charge in [0.2, 0.25) is 5.91 Å². The lowest BCUT2D eigenvalue weighted by atomic mass is 9.88. The molecule has 0 spiro atoms. The van der Waals surface area contributed by atoms with Crippen molar-refractivity contribution in [1.82, 2.24) is 9.88 Å². The predicted octanol–water partition coefficient (Wildman–Crippen LogP) is 4.63. The first-order valence-electron chi connectivity index (χ1n) is 10.9. The number of rotatable bonds is 3. The van der Waals surface area contributed by atoms with Gasteiger partial charge in [-0.15, -0.1) is 0 Å². The molecule has 1 saturated heterocycles. The van der Waals surface area contributed by atoms with E-state index in [1.165, 1.54) is 27.8 Å². The molecule has 1 aliphatic heterocycles. The van der Waals surface area contributed by atoms with Gasteiger partial charge in [-0.2, -0.15) is 0 Å². The molecule has 1 amide bonds. The average Bonchev–Trinajstić information content (AvgIpc) is 2.89. The van der Waals surface area contributed by atoms with Crippen molar-refractivity contribution in [2.24, 2.45) is 11.7 Å². The summed E-state index contributed by atoms with van der Waals surface area (Å²) in [5, 5.41) is 0.775. The van der Waals surface area contributed by atoms with Crippen LogP contribution in [0, 0.1) is 5.92 Å². The first-order chi connectivity index (χ1) is 14.4. The molecule has 2 aliphatic rings. The zero-order chi connectivity index (χ0) is 21.3. The lowest BCUT2D eigenvalue weighted by molar-refractivity contribution is -0.133. The number of amides is 1. The van der Waals surface area contributed by atoms with Crippen LogP contribution in [0.5, 0.6) is 0 Å². The summed E-state index contributed by atoms with van der Waals surface area (Å²) in [6, 6.07) is 9.99. The van der Waals surface area contributed by atoms with Crippen molar-refractivity contribution in [3.05, 3.63) is 69.5 Å². The van der Waals surface area contributed by atoms with Crippen LogP contribution in [0.4, 0.5) is 0 Å². The SMILES string of the molecule is CC(C)C[C@@H](N)C(=O)N1CCC(=C2c3ccc(Cl)cc3CCc3cccnc32)CC1. The number of piperidine rings is 1. The second-order valence-electron chi connectivity index (χ2n) is 8.85. The molecule has 0 radical (unpaired) electrons. The third-order valence-corrected chi connectivity index (χ3v) is 6.44. The van der Waals surface area contributed by atoms with E-state index in [2.05, 4.69) is 32.0 Å². The second-order valence-corrected chi connectivity index (χ2v) is 9.29. The number of aromatic nitrogens is 1. The molecule has 1 aliphatic carbocycles. The van der Waals surface area contributed by atoms with Gasteiger partial charge in [-0.3, -0.25) is 9.78 Å². The molecule has 4 rings (SSSR count). The van der Waals surface area contributed by atoms with Gasteiger partial charge >= 0.3 is 0 Å². The minimum atomic E-state index is -0.401. The van der Waals surface area contributed by atoms with Crippen LogP contribution in [0.15, 0.2) is 42.1 Å². The largest absolute Gasteiger partial charge is 0.341 e. The molecule has 1 atom stereocenters. The number of carbonyl (C=O) groups is 1. The van der Waals surface area contributed by atoms with E-state index in [1.807, 2.05) is 23.2 Å². The highest BCUT2D eigenvalue weighted by molar-refractivity contribution is 6.30. The zero-order valence-electron chi connectivity index (χ0n) is 17.8. The van der Waals surface area contributed by atoms with Crippen LogP contribution < -0.4 is 5.73 Å². The van der Waals surface area contributed by atoms with Crippen molar-refractivity contribution in [3.8, 4) is 0 Å². The lowest BCUT2D eigenvalue weighted by Crippen LogP contribution is -2.46. The molecule has 0 unspecified atom stereocenters. The third-order valence-electron chi connectivity index (χ3n) is 6.20. The summed E-state index contributed by atoms with van der Waals surface area (Å²) in [5.74, 6) is 0.502. The summed E-state index contributed by atoms with van der Waals surface area (Å²) < 4.78 is 0. The van der Waals surface area contributed by atoms with E-state index in [9.17, 15) is 4.79 Å². The highest BCUT2D eigenvalue weighted by atomic mass is 35.5. The van der Waals surface area contributed by atoms with Crippen LogP contribution in [-0.4, -0.2) is 34.9 Å². The normalized spacial score (nSPS) is 17.4.